The summed E-state index contributed by atoms with van der Waals surface area (Å²) in [6.07, 6.45) is 1.72. The molecule has 160 valence electrons. The van der Waals surface area contributed by atoms with E-state index in [0.29, 0.717) is 51.1 Å². The van der Waals surface area contributed by atoms with E-state index in [1.807, 2.05) is 42.2 Å². The molecule has 0 aliphatic carbocycles. The first-order valence-electron chi connectivity index (χ1n) is 10.6. The Bertz CT molecular complexity index is 869. The van der Waals surface area contributed by atoms with Crippen LogP contribution in [-0.4, -0.2) is 54.3 Å². The van der Waals surface area contributed by atoms with E-state index in [0.717, 1.165) is 17.5 Å². The number of carbonyl (C=O) groups is 2. The van der Waals surface area contributed by atoms with Crippen LogP contribution < -0.4 is 5.73 Å². The van der Waals surface area contributed by atoms with Gasteiger partial charge in [-0.05, 0) is 30.0 Å². The first kappa shape index (κ1) is 22.0. The average molecular weight is 412 g/mol. The topological polar surface area (TPSA) is 66.6 Å². The van der Waals surface area contributed by atoms with Gasteiger partial charge in [0.1, 0.15) is 5.82 Å². The minimum Gasteiger partial charge on any atom is -0.341 e. The number of hydrogen-bond acceptors (Lipinski definition) is 3. The van der Waals surface area contributed by atoms with Gasteiger partial charge in [0.05, 0.1) is 5.92 Å². The van der Waals surface area contributed by atoms with Crippen molar-refractivity contribution in [3.8, 4) is 11.1 Å². The van der Waals surface area contributed by atoms with Gasteiger partial charge in [0.2, 0.25) is 11.8 Å². The van der Waals surface area contributed by atoms with E-state index in [1.54, 1.807) is 17.0 Å². The monoisotopic (exact) mass is 411 g/mol. The summed E-state index contributed by atoms with van der Waals surface area (Å²) in [6, 6.07) is 14.3. The molecule has 1 atom stereocenters. The summed E-state index contributed by atoms with van der Waals surface area (Å²) in [5.41, 5.74) is 7.91. The third-order valence-corrected chi connectivity index (χ3v) is 5.57. The lowest BCUT2D eigenvalue weighted by Crippen LogP contribution is -2.38. The number of nitrogens with two attached hydrogens (primary N) is 1. The minimum absolute atomic E-state index is 0.00329. The van der Waals surface area contributed by atoms with Gasteiger partial charge in [-0.2, -0.15) is 0 Å². The van der Waals surface area contributed by atoms with Crippen LogP contribution in [0.5, 0.6) is 0 Å². The lowest BCUT2D eigenvalue weighted by Gasteiger charge is -2.24. The Morgan fingerprint density at radius 3 is 2.53 bits per heavy atom. The Morgan fingerprint density at radius 1 is 1.13 bits per heavy atom. The molecule has 0 unspecified atom stereocenters. The first-order valence-corrected chi connectivity index (χ1v) is 10.6. The summed E-state index contributed by atoms with van der Waals surface area (Å²) in [5.74, 6) is -0.449. The maximum absolute atomic E-state index is 14.0. The van der Waals surface area contributed by atoms with Crippen molar-refractivity contribution in [1.29, 1.82) is 0 Å². The highest BCUT2D eigenvalue weighted by Crippen LogP contribution is 2.24. The van der Waals surface area contributed by atoms with Crippen LogP contribution in [0.4, 0.5) is 4.39 Å². The van der Waals surface area contributed by atoms with Crippen LogP contribution in [0.25, 0.3) is 11.1 Å². The molecule has 2 aromatic rings. The van der Waals surface area contributed by atoms with Gasteiger partial charge in [-0.25, -0.2) is 4.39 Å². The molecule has 0 bridgehead atoms. The lowest BCUT2D eigenvalue weighted by atomic mass is 9.95. The molecule has 2 amide bonds. The molecule has 30 heavy (non-hydrogen) atoms. The average Bonchev–Trinajstić information content (AvgIpc) is 2.89. The van der Waals surface area contributed by atoms with Gasteiger partial charge in [0, 0.05) is 44.7 Å². The van der Waals surface area contributed by atoms with Crippen molar-refractivity contribution in [3.63, 3.8) is 0 Å². The second-order valence-corrected chi connectivity index (χ2v) is 7.78. The zero-order chi connectivity index (χ0) is 21.5. The van der Waals surface area contributed by atoms with E-state index in [4.69, 9.17) is 5.73 Å². The number of hydrogen-bond donors (Lipinski definition) is 1. The summed E-state index contributed by atoms with van der Waals surface area (Å²) in [6.45, 7) is 4.57. The highest BCUT2D eigenvalue weighted by molar-refractivity contribution is 5.82. The molecule has 0 aromatic heterocycles. The van der Waals surface area contributed by atoms with E-state index in [9.17, 15) is 14.0 Å². The summed E-state index contributed by atoms with van der Waals surface area (Å²) in [7, 11) is 0. The van der Waals surface area contributed by atoms with Crippen molar-refractivity contribution in [2.75, 3.05) is 32.7 Å². The van der Waals surface area contributed by atoms with Gasteiger partial charge in [0.15, 0.2) is 0 Å². The molecule has 5 nitrogen and oxygen atoms in total. The molecule has 1 aliphatic rings. The van der Waals surface area contributed by atoms with Crippen LogP contribution in [0, 0.1) is 11.7 Å². The van der Waals surface area contributed by atoms with E-state index in [2.05, 4.69) is 0 Å². The fourth-order valence-corrected chi connectivity index (χ4v) is 4.00. The zero-order valence-corrected chi connectivity index (χ0v) is 17.5. The predicted octanol–water partition coefficient (Wildman–Crippen LogP) is 3.08. The third-order valence-electron chi connectivity index (χ3n) is 5.57. The third kappa shape index (κ3) is 5.25. The second-order valence-electron chi connectivity index (χ2n) is 7.78. The maximum Gasteiger partial charge on any atom is 0.227 e. The van der Waals surface area contributed by atoms with Crippen molar-refractivity contribution in [1.82, 2.24) is 9.80 Å². The lowest BCUT2D eigenvalue weighted by molar-refractivity contribution is -0.135. The van der Waals surface area contributed by atoms with Gasteiger partial charge < -0.3 is 15.5 Å². The Hall–Kier alpha value is -2.73. The largest absolute Gasteiger partial charge is 0.341 e. The highest BCUT2D eigenvalue weighted by atomic mass is 19.1. The Morgan fingerprint density at radius 2 is 1.87 bits per heavy atom. The number of rotatable bonds is 7. The van der Waals surface area contributed by atoms with Crippen LogP contribution >= 0.6 is 0 Å². The quantitative estimate of drug-likeness (QED) is 0.761. The summed E-state index contributed by atoms with van der Waals surface area (Å²) >= 11 is 0. The first-order chi connectivity index (χ1) is 14.5. The minimum atomic E-state index is -0.292. The van der Waals surface area contributed by atoms with E-state index < -0.39 is 0 Å². The number of benzene rings is 2. The van der Waals surface area contributed by atoms with Crippen LogP contribution in [0.3, 0.4) is 0 Å². The van der Waals surface area contributed by atoms with E-state index in [1.165, 1.54) is 6.07 Å². The molecule has 0 radical (unpaired) electrons. The molecule has 2 N–H and O–H groups in total. The maximum atomic E-state index is 14.0. The van der Waals surface area contributed by atoms with Crippen LogP contribution in [0.1, 0.15) is 25.3 Å². The Balaban J connectivity index is 1.78. The second kappa shape index (κ2) is 10.3. The van der Waals surface area contributed by atoms with Gasteiger partial charge >= 0.3 is 0 Å². The predicted molar refractivity (Wildman–Crippen MR) is 116 cm³/mol. The van der Waals surface area contributed by atoms with Gasteiger partial charge in [-0.1, -0.05) is 49.4 Å². The number of nitrogens with zero attached hydrogens (tertiary/aromatic N) is 2. The van der Waals surface area contributed by atoms with Crippen molar-refractivity contribution in [3.05, 3.63) is 59.9 Å². The molecule has 0 saturated carbocycles. The van der Waals surface area contributed by atoms with Crippen molar-refractivity contribution in [2.24, 2.45) is 11.7 Å². The van der Waals surface area contributed by atoms with E-state index in [-0.39, 0.29) is 23.5 Å². The molecule has 6 heteroatoms. The molecule has 0 spiro atoms. The number of amides is 2. The van der Waals surface area contributed by atoms with Gasteiger partial charge in [-0.15, -0.1) is 0 Å². The summed E-state index contributed by atoms with van der Waals surface area (Å²) in [5, 5.41) is 0. The fraction of sp³-hybridized carbons (Fsp3) is 0.417. The summed E-state index contributed by atoms with van der Waals surface area (Å²) < 4.78 is 14.0. The van der Waals surface area contributed by atoms with Gasteiger partial charge in [0.25, 0.3) is 0 Å². The zero-order valence-electron chi connectivity index (χ0n) is 17.5. The SMILES string of the molecule is CCCN1CCN(C(=O)CCN)C[C@H](Cc2ccc(-c3ccccc3F)cc2)C1=O. The molecule has 1 aliphatic heterocycles. The molecule has 2 aromatic carbocycles. The highest BCUT2D eigenvalue weighted by Gasteiger charge is 2.31. The standard InChI is InChI=1S/C24H30FN3O2/c1-2-13-27-14-15-28(23(29)11-12-26)17-20(24(27)30)16-18-7-9-19(10-8-18)21-5-3-4-6-22(21)25/h3-10,20H,2,11-17,26H2,1H3/t20-/m0/s1. The Kier molecular flexibility index (Phi) is 7.57. The van der Waals surface area contributed by atoms with Crippen molar-refractivity contribution >= 4 is 11.8 Å². The molecule has 1 saturated heterocycles. The van der Waals surface area contributed by atoms with Crippen molar-refractivity contribution in [2.45, 2.75) is 26.2 Å². The molecule has 3 rings (SSSR count). The van der Waals surface area contributed by atoms with Crippen LogP contribution in [0.2, 0.25) is 0 Å². The Labute approximate surface area is 177 Å². The molecule has 1 fully saturated rings. The fourth-order valence-electron chi connectivity index (χ4n) is 4.00. The number of carbonyl (C=O) groups excluding carboxylic acids is 2. The smallest absolute Gasteiger partial charge is 0.227 e. The molecular formula is C24H30FN3O2. The van der Waals surface area contributed by atoms with Crippen LogP contribution in [0.15, 0.2) is 48.5 Å². The molecular weight excluding hydrogens is 381 g/mol. The number of halogens is 1. The summed E-state index contributed by atoms with van der Waals surface area (Å²) in [4.78, 5) is 29.2. The van der Waals surface area contributed by atoms with E-state index >= 15 is 0 Å². The van der Waals surface area contributed by atoms with Crippen LogP contribution in [-0.2, 0) is 16.0 Å². The van der Waals surface area contributed by atoms with Crippen molar-refractivity contribution < 1.29 is 14.0 Å². The molecule has 1 heterocycles. The normalized spacial score (nSPS) is 17.2. The van der Waals surface area contributed by atoms with Gasteiger partial charge in [-0.3, -0.25) is 9.59 Å².